The molecule has 12 heavy (non-hydrogen) atoms. The molecule has 0 aliphatic rings. The number of alkyl halides is 4. The Hall–Kier alpha value is 1.18. The van der Waals surface area contributed by atoms with Crippen LogP contribution >= 0.6 is 54.7 Å². The molecule has 0 aromatic heterocycles. The lowest BCUT2D eigenvalue weighted by molar-refractivity contribution is 0.239. The quantitative estimate of drug-likeness (QED) is 0.551. The van der Waals surface area contributed by atoms with Crippen molar-refractivity contribution in [1.82, 2.24) is 0 Å². The number of rotatable bonds is 6. The fourth-order valence-electron chi connectivity index (χ4n) is 0.272. The lowest BCUT2D eigenvalue weighted by Crippen LogP contribution is -2.00. The lowest BCUT2D eigenvalue weighted by Gasteiger charge is -1.93. The van der Waals surface area contributed by atoms with E-state index in [9.17, 15) is 4.57 Å². The van der Waals surface area contributed by atoms with Crippen molar-refractivity contribution >= 4 is 54.7 Å². The highest BCUT2D eigenvalue weighted by Gasteiger charge is 2.22. The molecule has 0 aromatic rings. The van der Waals surface area contributed by atoms with Gasteiger partial charge in [-0.1, -0.05) is 0 Å². The molecule has 0 rings (SSSR count). The van der Waals surface area contributed by atoms with Gasteiger partial charge in [-0.05, 0) is 0 Å². The topological polar surface area (TPSA) is 35.5 Å². The molecule has 0 spiro atoms. The van der Waals surface area contributed by atoms with Crippen LogP contribution in [0.2, 0.25) is 0 Å². The van der Waals surface area contributed by atoms with Crippen LogP contribution < -0.4 is 0 Å². The van der Waals surface area contributed by atoms with Crippen molar-refractivity contribution in [2.75, 3.05) is 13.2 Å². The molecule has 0 unspecified atom stereocenters. The van der Waals surface area contributed by atoms with Gasteiger partial charge in [0.05, 0.1) is 0 Å². The highest BCUT2D eigenvalue weighted by molar-refractivity contribution is 7.33. The normalized spacial score (nSPS) is 11.2. The minimum atomic E-state index is -2.23. The molecule has 0 heterocycles. The van der Waals surface area contributed by atoms with E-state index in [1.165, 1.54) is 0 Å². The van der Waals surface area contributed by atoms with Crippen LogP contribution in [0, 0.1) is 0 Å². The first-order valence-electron chi connectivity index (χ1n) is 2.81. The molecule has 0 atom stereocenters. The van der Waals surface area contributed by atoms with Crippen LogP contribution in [0.1, 0.15) is 0 Å². The Bertz CT molecular complexity index is 128. The summed E-state index contributed by atoms with van der Waals surface area (Å²) in [6.07, 6.45) is 0. The molecule has 0 saturated heterocycles. The molecule has 0 fully saturated rings. The summed E-state index contributed by atoms with van der Waals surface area (Å²) in [4.78, 5) is -1.45. The molecule has 0 aliphatic carbocycles. The third kappa shape index (κ3) is 9.27. The summed E-state index contributed by atoms with van der Waals surface area (Å²) in [6, 6.07) is 0. The molecule has 0 bridgehead atoms. The summed E-state index contributed by atoms with van der Waals surface area (Å²) in [5, 5.41) is 0. The van der Waals surface area contributed by atoms with Crippen molar-refractivity contribution in [3.05, 3.63) is 0 Å². The smallest absolute Gasteiger partial charge is 0.116 e. The van der Waals surface area contributed by atoms with Gasteiger partial charge in [-0.3, -0.25) is 0 Å². The maximum atomic E-state index is 10.7. The minimum absolute atomic E-state index is 0.0620. The Kier molecular flexibility index (Phi) is 8.32. The van der Waals surface area contributed by atoms with Gasteiger partial charge in [-0.15, -0.1) is 55.5 Å². The average Bonchev–Trinajstić information content (AvgIpc) is 1.96. The first kappa shape index (κ1) is 13.2. The maximum absolute atomic E-state index is 10.7. The monoisotopic (exact) mass is 273 g/mol. The van der Waals surface area contributed by atoms with Gasteiger partial charge >= 0.3 is 8.25 Å². The fraction of sp³-hybridized carbons (Fsp3) is 1.00. The van der Waals surface area contributed by atoms with E-state index in [-0.39, 0.29) is 13.2 Å². The van der Waals surface area contributed by atoms with Crippen molar-refractivity contribution in [3.8, 4) is 0 Å². The van der Waals surface area contributed by atoms with E-state index in [1.54, 1.807) is 0 Å². The second-order valence-corrected chi connectivity index (χ2v) is 5.12. The van der Waals surface area contributed by atoms with Crippen LogP contribution in [0.5, 0.6) is 0 Å². The average molecular weight is 275 g/mol. The van der Waals surface area contributed by atoms with Crippen LogP contribution in [-0.4, -0.2) is 22.9 Å². The van der Waals surface area contributed by atoms with E-state index in [2.05, 4.69) is 9.05 Å². The van der Waals surface area contributed by atoms with Crippen molar-refractivity contribution < 1.29 is 13.6 Å². The molecular formula is C4H6Cl4O3P+. The Morgan fingerprint density at radius 1 is 1.00 bits per heavy atom. The number of hydrogen-bond acceptors (Lipinski definition) is 3. The van der Waals surface area contributed by atoms with Gasteiger partial charge in [0.2, 0.25) is 0 Å². The van der Waals surface area contributed by atoms with E-state index < -0.39 is 17.9 Å². The standard InChI is InChI=1S/C4H6Cl4O3P/c5-3(6)1-10-12(9)11-2-4(7)8/h3-4H,1-2H2/q+1. The van der Waals surface area contributed by atoms with E-state index in [1.807, 2.05) is 0 Å². The molecule has 0 N–H and O–H groups in total. The van der Waals surface area contributed by atoms with Gasteiger partial charge in [-0.25, -0.2) is 0 Å². The van der Waals surface area contributed by atoms with Gasteiger partial charge in [0.25, 0.3) is 0 Å². The molecule has 72 valence electrons. The first-order chi connectivity index (χ1) is 5.52. The fourth-order valence-corrected chi connectivity index (χ4v) is 1.49. The molecule has 8 heteroatoms. The van der Waals surface area contributed by atoms with Crippen molar-refractivity contribution in [1.29, 1.82) is 0 Å². The molecule has 0 aromatic carbocycles. The Morgan fingerprint density at radius 2 is 1.33 bits per heavy atom. The summed E-state index contributed by atoms with van der Waals surface area (Å²) < 4.78 is 19.8. The van der Waals surface area contributed by atoms with E-state index >= 15 is 0 Å². The van der Waals surface area contributed by atoms with Gasteiger partial charge in [0.1, 0.15) is 22.9 Å². The summed E-state index contributed by atoms with van der Waals surface area (Å²) in [6.45, 7) is -0.124. The molecular weight excluding hydrogens is 269 g/mol. The number of hydrogen-bond donors (Lipinski definition) is 0. The third-order valence-electron chi connectivity index (χ3n) is 0.612. The summed E-state index contributed by atoms with van der Waals surface area (Å²) >= 11 is 21.2. The van der Waals surface area contributed by atoms with Crippen molar-refractivity contribution in [3.63, 3.8) is 0 Å². The molecule has 0 aliphatic heterocycles. The Labute approximate surface area is 91.2 Å². The Balaban J connectivity index is 3.34. The summed E-state index contributed by atoms with van der Waals surface area (Å²) in [5.41, 5.74) is 0. The predicted molar refractivity (Wildman–Crippen MR) is 50.5 cm³/mol. The van der Waals surface area contributed by atoms with Crippen LogP contribution in [-0.2, 0) is 13.6 Å². The SMILES string of the molecule is O=[P+](OCC(Cl)Cl)OCC(Cl)Cl. The Morgan fingerprint density at radius 3 is 1.58 bits per heavy atom. The highest BCUT2D eigenvalue weighted by Crippen LogP contribution is 2.26. The van der Waals surface area contributed by atoms with Crippen molar-refractivity contribution in [2.45, 2.75) is 9.67 Å². The minimum Gasteiger partial charge on any atom is -0.116 e. The lowest BCUT2D eigenvalue weighted by atomic mass is 10.9. The summed E-state index contributed by atoms with van der Waals surface area (Å²) in [7, 11) is -2.23. The van der Waals surface area contributed by atoms with Crippen molar-refractivity contribution in [2.24, 2.45) is 0 Å². The zero-order valence-electron chi connectivity index (χ0n) is 5.75. The molecule has 0 radical (unpaired) electrons. The van der Waals surface area contributed by atoms with E-state index in [0.29, 0.717) is 0 Å². The number of halogens is 4. The van der Waals surface area contributed by atoms with Gasteiger partial charge in [0.15, 0.2) is 0 Å². The zero-order valence-corrected chi connectivity index (χ0v) is 9.67. The predicted octanol–water partition coefficient (Wildman–Crippen LogP) is 3.28. The van der Waals surface area contributed by atoms with Crippen LogP contribution in [0.3, 0.4) is 0 Å². The highest BCUT2D eigenvalue weighted by atomic mass is 35.5. The zero-order chi connectivity index (χ0) is 9.56. The molecule has 0 saturated carbocycles. The third-order valence-corrected chi connectivity index (χ3v) is 1.84. The van der Waals surface area contributed by atoms with E-state index in [4.69, 9.17) is 46.4 Å². The van der Waals surface area contributed by atoms with Gasteiger partial charge < -0.3 is 0 Å². The van der Waals surface area contributed by atoms with Gasteiger partial charge in [0, 0.05) is 4.57 Å². The maximum Gasteiger partial charge on any atom is 0.697 e. The first-order valence-corrected chi connectivity index (χ1v) is 5.66. The largest absolute Gasteiger partial charge is 0.697 e. The second-order valence-electron chi connectivity index (χ2n) is 1.60. The molecule has 3 nitrogen and oxygen atoms in total. The van der Waals surface area contributed by atoms with Crippen LogP contribution in [0.15, 0.2) is 0 Å². The van der Waals surface area contributed by atoms with Crippen LogP contribution in [0.25, 0.3) is 0 Å². The van der Waals surface area contributed by atoms with Crippen LogP contribution in [0.4, 0.5) is 0 Å². The van der Waals surface area contributed by atoms with Gasteiger partial charge in [-0.2, -0.15) is 0 Å². The summed E-state index contributed by atoms with van der Waals surface area (Å²) in [5.74, 6) is 0. The second kappa shape index (κ2) is 7.57. The van der Waals surface area contributed by atoms with E-state index in [0.717, 1.165) is 0 Å². The molecule has 0 amide bonds.